The average molecular weight is 284 g/mol. The monoisotopic (exact) mass is 284 g/mol. The molecule has 0 bridgehead atoms. The fourth-order valence-electron chi connectivity index (χ4n) is 2.71. The van der Waals surface area contributed by atoms with E-state index in [9.17, 15) is 9.59 Å². The number of piperidine rings is 1. The van der Waals surface area contributed by atoms with Gasteiger partial charge in [0.05, 0.1) is 19.1 Å². The van der Waals surface area contributed by atoms with Crippen molar-refractivity contribution in [2.45, 2.75) is 44.2 Å². The molecule has 0 aliphatic carbocycles. The van der Waals surface area contributed by atoms with Crippen molar-refractivity contribution in [3.63, 3.8) is 0 Å². The molecule has 6 heteroatoms. The zero-order valence-corrected chi connectivity index (χ0v) is 12.3. The van der Waals surface area contributed by atoms with E-state index in [1.165, 1.54) is 7.11 Å². The number of methoxy groups -OCH3 is 1. The van der Waals surface area contributed by atoms with Gasteiger partial charge in [-0.2, -0.15) is 0 Å². The highest BCUT2D eigenvalue weighted by Gasteiger charge is 2.35. The Hall–Kier alpha value is -1.14. The van der Waals surface area contributed by atoms with Crippen molar-refractivity contribution in [2.24, 2.45) is 0 Å². The van der Waals surface area contributed by atoms with E-state index >= 15 is 0 Å². The van der Waals surface area contributed by atoms with Crippen molar-refractivity contribution in [1.82, 2.24) is 10.2 Å². The molecule has 2 rings (SSSR count). The topological polar surface area (TPSA) is 67.9 Å². The van der Waals surface area contributed by atoms with Gasteiger partial charge in [-0.1, -0.05) is 0 Å². The van der Waals surface area contributed by atoms with Gasteiger partial charge >= 0.3 is 5.97 Å². The van der Waals surface area contributed by atoms with Crippen LogP contribution in [-0.4, -0.2) is 61.8 Å². The molecule has 6 nitrogen and oxygen atoms in total. The second-order valence-corrected chi connectivity index (χ2v) is 5.86. The number of carbonyl (C=O) groups is 2. The summed E-state index contributed by atoms with van der Waals surface area (Å²) in [6.07, 6.45) is 3.18. The number of nitrogens with one attached hydrogen (secondary N) is 1. The standard InChI is InChI=1S/C14H24N2O4/c1-14(9-15-10-14)20-8-12(17)16-6-4-3-5-11(16)7-13(18)19-2/h11,15H,3-10H2,1-2H3. The molecule has 1 N–H and O–H groups in total. The Balaban J connectivity index is 1.86. The summed E-state index contributed by atoms with van der Waals surface area (Å²) < 4.78 is 10.4. The molecule has 114 valence electrons. The Morgan fingerprint density at radius 2 is 2.10 bits per heavy atom. The Morgan fingerprint density at radius 1 is 1.35 bits per heavy atom. The van der Waals surface area contributed by atoms with Gasteiger partial charge in [0.1, 0.15) is 6.61 Å². The minimum atomic E-state index is -0.259. The van der Waals surface area contributed by atoms with Gasteiger partial charge in [0, 0.05) is 25.7 Å². The molecule has 0 saturated carbocycles. The van der Waals surface area contributed by atoms with Crippen molar-refractivity contribution in [2.75, 3.05) is 33.4 Å². The number of carbonyl (C=O) groups excluding carboxylic acids is 2. The van der Waals surface area contributed by atoms with Crippen molar-refractivity contribution >= 4 is 11.9 Å². The molecule has 2 heterocycles. The normalized spacial score (nSPS) is 24.9. The van der Waals surface area contributed by atoms with Gasteiger partial charge < -0.3 is 19.7 Å². The number of hydrogen-bond acceptors (Lipinski definition) is 5. The number of esters is 1. The van der Waals surface area contributed by atoms with Crippen molar-refractivity contribution < 1.29 is 19.1 Å². The second kappa shape index (κ2) is 6.54. The minimum Gasteiger partial charge on any atom is -0.469 e. The molecule has 2 fully saturated rings. The minimum absolute atomic E-state index is 0.0215. The summed E-state index contributed by atoms with van der Waals surface area (Å²) >= 11 is 0. The Bertz CT molecular complexity index is 368. The highest BCUT2D eigenvalue weighted by atomic mass is 16.5. The Morgan fingerprint density at radius 3 is 2.70 bits per heavy atom. The third-order valence-corrected chi connectivity index (χ3v) is 4.12. The van der Waals surface area contributed by atoms with Gasteiger partial charge in [0.15, 0.2) is 0 Å². The second-order valence-electron chi connectivity index (χ2n) is 5.86. The number of nitrogens with zero attached hydrogens (tertiary/aromatic N) is 1. The van der Waals surface area contributed by atoms with Crippen LogP contribution in [0.25, 0.3) is 0 Å². The first-order chi connectivity index (χ1) is 9.54. The van der Waals surface area contributed by atoms with E-state index in [0.29, 0.717) is 6.54 Å². The van der Waals surface area contributed by atoms with E-state index < -0.39 is 0 Å². The SMILES string of the molecule is COC(=O)CC1CCCCN1C(=O)COC1(C)CNC1. The zero-order valence-electron chi connectivity index (χ0n) is 12.3. The van der Waals surface area contributed by atoms with Gasteiger partial charge in [0.2, 0.25) is 5.91 Å². The van der Waals surface area contributed by atoms with Crippen LogP contribution in [0.3, 0.4) is 0 Å². The summed E-state index contributed by atoms with van der Waals surface area (Å²) in [5.41, 5.74) is -0.219. The Labute approximate surface area is 119 Å². The number of amides is 1. The van der Waals surface area contributed by atoms with Crippen LogP contribution in [0.4, 0.5) is 0 Å². The van der Waals surface area contributed by atoms with Crippen LogP contribution in [0.15, 0.2) is 0 Å². The summed E-state index contributed by atoms with van der Waals surface area (Å²) in [5, 5.41) is 3.14. The lowest BCUT2D eigenvalue weighted by Crippen LogP contribution is -2.60. The first kappa shape index (κ1) is 15.3. The summed E-state index contributed by atoms with van der Waals surface area (Å²) in [4.78, 5) is 25.5. The molecule has 2 aliphatic rings. The van der Waals surface area contributed by atoms with Crippen molar-refractivity contribution in [3.05, 3.63) is 0 Å². The van der Waals surface area contributed by atoms with Crippen LogP contribution in [0.1, 0.15) is 32.6 Å². The molecule has 2 aliphatic heterocycles. The quantitative estimate of drug-likeness (QED) is 0.736. The molecule has 1 unspecified atom stereocenters. The van der Waals surface area contributed by atoms with Gasteiger partial charge in [-0.25, -0.2) is 0 Å². The fraction of sp³-hybridized carbons (Fsp3) is 0.857. The molecular formula is C14H24N2O4. The van der Waals surface area contributed by atoms with Crippen molar-refractivity contribution in [3.8, 4) is 0 Å². The van der Waals surface area contributed by atoms with Crippen LogP contribution < -0.4 is 5.32 Å². The van der Waals surface area contributed by atoms with Gasteiger partial charge in [-0.3, -0.25) is 9.59 Å². The lowest BCUT2D eigenvalue weighted by molar-refractivity contribution is -0.152. The van der Waals surface area contributed by atoms with Crippen molar-refractivity contribution in [1.29, 1.82) is 0 Å². The first-order valence-electron chi connectivity index (χ1n) is 7.25. The smallest absolute Gasteiger partial charge is 0.307 e. The molecule has 2 saturated heterocycles. The van der Waals surface area contributed by atoms with Crippen LogP contribution in [-0.2, 0) is 19.1 Å². The maximum atomic E-state index is 12.3. The maximum absolute atomic E-state index is 12.3. The third kappa shape index (κ3) is 3.70. The largest absolute Gasteiger partial charge is 0.469 e. The molecular weight excluding hydrogens is 260 g/mol. The van der Waals surface area contributed by atoms with Gasteiger partial charge in [0.25, 0.3) is 0 Å². The zero-order chi connectivity index (χ0) is 14.6. The fourth-order valence-corrected chi connectivity index (χ4v) is 2.71. The van der Waals surface area contributed by atoms with E-state index in [4.69, 9.17) is 9.47 Å². The molecule has 0 aromatic heterocycles. The van der Waals surface area contributed by atoms with Crippen LogP contribution in [0, 0.1) is 0 Å². The number of likely N-dealkylation sites (tertiary alicyclic amines) is 1. The predicted octanol–water partition coefficient (Wildman–Crippen LogP) is 0.309. The molecule has 1 atom stereocenters. The summed E-state index contributed by atoms with van der Waals surface area (Å²) in [6, 6.07) is -0.0420. The molecule has 1 amide bonds. The van der Waals surface area contributed by atoms with Crippen LogP contribution in [0.5, 0.6) is 0 Å². The predicted molar refractivity (Wildman–Crippen MR) is 73.2 cm³/mol. The van der Waals surface area contributed by atoms with E-state index in [1.54, 1.807) is 4.90 Å². The number of rotatable bonds is 5. The highest BCUT2D eigenvalue weighted by Crippen LogP contribution is 2.21. The molecule has 0 spiro atoms. The number of hydrogen-bond donors (Lipinski definition) is 1. The lowest BCUT2D eigenvalue weighted by atomic mass is 9.99. The third-order valence-electron chi connectivity index (χ3n) is 4.12. The van der Waals surface area contributed by atoms with E-state index in [-0.39, 0.29) is 36.5 Å². The maximum Gasteiger partial charge on any atom is 0.307 e. The van der Waals surface area contributed by atoms with Gasteiger partial charge in [-0.05, 0) is 26.2 Å². The molecule has 0 aromatic carbocycles. The lowest BCUT2D eigenvalue weighted by Gasteiger charge is -2.40. The highest BCUT2D eigenvalue weighted by molar-refractivity contribution is 5.79. The molecule has 0 aromatic rings. The van der Waals surface area contributed by atoms with E-state index in [2.05, 4.69) is 5.32 Å². The summed E-state index contributed by atoms with van der Waals surface area (Å²) in [6.45, 7) is 4.37. The number of ether oxygens (including phenoxy) is 2. The summed E-state index contributed by atoms with van der Waals surface area (Å²) in [7, 11) is 1.38. The molecule has 0 radical (unpaired) electrons. The first-order valence-corrected chi connectivity index (χ1v) is 7.25. The summed E-state index contributed by atoms with van der Waals surface area (Å²) in [5.74, 6) is -0.280. The average Bonchev–Trinajstić information content (AvgIpc) is 2.43. The Kier molecular flexibility index (Phi) is 4.99. The molecule has 20 heavy (non-hydrogen) atoms. The van der Waals surface area contributed by atoms with Crippen LogP contribution >= 0.6 is 0 Å². The van der Waals surface area contributed by atoms with Crippen LogP contribution in [0.2, 0.25) is 0 Å². The van der Waals surface area contributed by atoms with E-state index in [0.717, 1.165) is 32.4 Å². The van der Waals surface area contributed by atoms with E-state index in [1.807, 2.05) is 6.92 Å². The van der Waals surface area contributed by atoms with Gasteiger partial charge in [-0.15, -0.1) is 0 Å².